The van der Waals surface area contributed by atoms with Crippen molar-refractivity contribution in [3.8, 4) is 11.3 Å². The van der Waals surface area contributed by atoms with E-state index in [1.165, 1.54) is 35.9 Å². The normalized spacial score (nSPS) is 14.3. The highest BCUT2D eigenvalue weighted by Gasteiger charge is 2.29. The fourth-order valence-electron chi connectivity index (χ4n) is 2.96. The Balaban J connectivity index is 1.42. The highest BCUT2D eigenvalue weighted by Crippen LogP contribution is 2.39. The maximum Gasteiger partial charge on any atom is 0.260 e. The van der Waals surface area contributed by atoms with Crippen LogP contribution in [0.1, 0.15) is 30.4 Å². The molecule has 1 aliphatic rings. The topological polar surface area (TPSA) is 89.6 Å². The maximum absolute atomic E-state index is 12.6. The zero-order valence-electron chi connectivity index (χ0n) is 13.9. The maximum atomic E-state index is 12.6. The van der Waals surface area contributed by atoms with E-state index in [2.05, 4.69) is 20.2 Å². The van der Waals surface area contributed by atoms with E-state index >= 15 is 0 Å². The summed E-state index contributed by atoms with van der Waals surface area (Å²) >= 11 is 2.98. The molecule has 0 unspecified atom stereocenters. The molecule has 9 heteroatoms. The fourth-order valence-corrected chi connectivity index (χ4v) is 4.69. The number of thioether (sulfide) groups is 1. The molecule has 0 aromatic carbocycles. The highest BCUT2D eigenvalue weighted by molar-refractivity contribution is 7.98. The molecule has 1 fully saturated rings. The van der Waals surface area contributed by atoms with Crippen molar-refractivity contribution in [1.82, 2.24) is 24.7 Å². The van der Waals surface area contributed by atoms with Gasteiger partial charge in [-0.25, -0.2) is 4.98 Å². The predicted molar refractivity (Wildman–Crippen MR) is 100 cm³/mol. The summed E-state index contributed by atoms with van der Waals surface area (Å²) < 4.78 is 7.46. The van der Waals surface area contributed by atoms with Crippen molar-refractivity contribution in [3.63, 3.8) is 0 Å². The summed E-state index contributed by atoms with van der Waals surface area (Å²) in [5.74, 6) is 3.46. The van der Waals surface area contributed by atoms with Gasteiger partial charge in [-0.2, -0.15) is 0 Å². The quantitative estimate of drug-likeness (QED) is 0.529. The summed E-state index contributed by atoms with van der Waals surface area (Å²) in [4.78, 5) is 20.8. The Kier molecular flexibility index (Phi) is 3.71. The Morgan fingerprint density at radius 2 is 2.31 bits per heavy atom. The Bertz CT molecular complexity index is 1140. The molecule has 0 aliphatic heterocycles. The van der Waals surface area contributed by atoms with E-state index in [4.69, 9.17) is 4.42 Å². The van der Waals surface area contributed by atoms with Crippen LogP contribution in [-0.4, -0.2) is 24.7 Å². The number of H-pyrrole nitrogens is 1. The zero-order valence-corrected chi connectivity index (χ0v) is 15.6. The number of furan rings is 1. The van der Waals surface area contributed by atoms with Crippen molar-refractivity contribution < 1.29 is 4.42 Å². The second kappa shape index (κ2) is 6.10. The molecular weight excluding hydrogens is 370 g/mol. The molecule has 0 bridgehead atoms. The molecule has 0 atom stereocenters. The third kappa shape index (κ3) is 2.67. The standard InChI is InChI=1S/C17H15N5O2S2/c1-22-14(9-4-5-9)20-21-17(22)26-8-12-18-15(23)13-10(7-25-16(13)19-12)11-3-2-6-24-11/h2-3,6-7,9H,4-5,8H2,1H3,(H,18,19,23). The molecule has 1 N–H and O–H groups in total. The van der Waals surface area contributed by atoms with Crippen molar-refractivity contribution in [3.05, 3.63) is 45.8 Å². The van der Waals surface area contributed by atoms with Crippen LogP contribution in [-0.2, 0) is 12.8 Å². The van der Waals surface area contributed by atoms with E-state index in [-0.39, 0.29) is 5.56 Å². The lowest BCUT2D eigenvalue weighted by Gasteiger charge is -2.03. The number of rotatable bonds is 5. The van der Waals surface area contributed by atoms with Crippen molar-refractivity contribution in [1.29, 1.82) is 0 Å². The minimum atomic E-state index is -0.144. The Hall–Kier alpha value is -2.39. The van der Waals surface area contributed by atoms with Gasteiger partial charge in [0.05, 0.1) is 17.4 Å². The lowest BCUT2D eigenvalue weighted by Crippen LogP contribution is -2.10. The first-order valence-corrected chi connectivity index (χ1v) is 10.1. The van der Waals surface area contributed by atoms with Gasteiger partial charge in [0, 0.05) is 23.9 Å². The molecule has 4 heterocycles. The van der Waals surface area contributed by atoms with Gasteiger partial charge in [0.15, 0.2) is 5.16 Å². The number of hydrogen-bond acceptors (Lipinski definition) is 7. The minimum absolute atomic E-state index is 0.144. The van der Waals surface area contributed by atoms with Crippen LogP contribution in [0, 0.1) is 0 Å². The SMILES string of the molecule is Cn1c(SCc2nc3scc(-c4ccco4)c3c(=O)[nH]2)nnc1C1CC1. The number of thiophene rings is 1. The van der Waals surface area contributed by atoms with Crippen LogP contribution in [0.25, 0.3) is 21.5 Å². The van der Waals surface area contributed by atoms with E-state index < -0.39 is 0 Å². The van der Waals surface area contributed by atoms with Crippen LogP contribution < -0.4 is 5.56 Å². The smallest absolute Gasteiger partial charge is 0.260 e. The second-order valence-corrected chi connectivity index (χ2v) is 8.08. The average Bonchev–Trinajstić information content (AvgIpc) is 3.04. The Morgan fingerprint density at radius 1 is 1.42 bits per heavy atom. The van der Waals surface area contributed by atoms with E-state index in [1.807, 2.05) is 29.1 Å². The number of aromatic nitrogens is 5. The molecular formula is C17H15N5O2S2. The molecule has 0 radical (unpaired) electrons. The largest absolute Gasteiger partial charge is 0.464 e. The fraction of sp³-hybridized carbons (Fsp3) is 0.294. The highest BCUT2D eigenvalue weighted by atomic mass is 32.2. The molecule has 0 saturated heterocycles. The van der Waals surface area contributed by atoms with Crippen LogP contribution in [0.3, 0.4) is 0 Å². The van der Waals surface area contributed by atoms with Crippen molar-refractivity contribution in [2.24, 2.45) is 7.05 Å². The van der Waals surface area contributed by atoms with E-state index in [0.29, 0.717) is 33.5 Å². The first-order valence-electron chi connectivity index (χ1n) is 8.27. The van der Waals surface area contributed by atoms with Gasteiger partial charge in [0.2, 0.25) is 0 Å². The molecule has 4 aromatic heterocycles. The van der Waals surface area contributed by atoms with Gasteiger partial charge in [-0.3, -0.25) is 4.79 Å². The van der Waals surface area contributed by atoms with Crippen LogP contribution in [0.2, 0.25) is 0 Å². The lowest BCUT2D eigenvalue weighted by molar-refractivity contribution is 0.583. The number of aromatic amines is 1. The summed E-state index contributed by atoms with van der Waals surface area (Å²) in [6.45, 7) is 0. The van der Waals surface area contributed by atoms with E-state index in [0.717, 1.165) is 16.5 Å². The minimum Gasteiger partial charge on any atom is -0.464 e. The van der Waals surface area contributed by atoms with Crippen molar-refractivity contribution in [2.45, 2.75) is 29.7 Å². The third-order valence-electron chi connectivity index (χ3n) is 4.43. The molecule has 7 nitrogen and oxygen atoms in total. The van der Waals surface area contributed by atoms with Crippen LogP contribution in [0.4, 0.5) is 0 Å². The summed E-state index contributed by atoms with van der Waals surface area (Å²) in [5, 5.41) is 11.9. The Morgan fingerprint density at radius 3 is 3.08 bits per heavy atom. The van der Waals surface area contributed by atoms with E-state index in [1.54, 1.807) is 6.26 Å². The number of fused-ring (bicyclic) bond motifs is 1. The molecule has 1 saturated carbocycles. The van der Waals surface area contributed by atoms with Crippen LogP contribution in [0.5, 0.6) is 0 Å². The van der Waals surface area contributed by atoms with Crippen LogP contribution in [0.15, 0.2) is 38.1 Å². The van der Waals surface area contributed by atoms with Gasteiger partial charge in [0.1, 0.15) is 22.2 Å². The third-order valence-corrected chi connectivity index (χ3v) is 6.33. The van der Waals surface area contributed by atoms with Crippen molar-refractivity contribution in [2.75, 3.05) is 0 Å². The molecule has 26 heavy (non-hydrogen) atoms. The van der Waals surface area contributed by atoms with Crippen LogP contribution >= 0.6 is 23.1 Å². The molecule has 4 aromatic rings. The van der Waals surface area contributed by atoms with Gasteiger partial charge in [-0.15, -0.1) is 21.5 Å². The van der Waals surface area contributed by atoms with Gasteiger partial charge in [-0.05, 0) is 25.0 Å². The number of hydrogen-bond donors (Lipinski definition) is 1. The number of nitrogens with zero attached hydrogens (tertiary/aromatic N) is 4. The summed E-state index contributed by atoms with van der Waals surface area (Å²) in [6.07, 6.45) is 3.99. The van der Waals surface area contributed by atoms with E-state index in [9.17, 15) is 4.79 Å². The summed E-state index contributed by atoms with van der Waals surface area (Å²) in [6, 6.07) is 3.65. The average molecular weight is 385 g/mol. The molecule has 0 amide bonds. The van der Waals surface area contributed by atoms with Gasteiger partial charge >= 0.3 is 0 Å². The van der Waals surface area contributed by atoms with Gasteiger partial charge < -0.3 is 14.0 Å². The lowest BCUT2D eigenvalue weighted by atomic mass is 10.2. The first-order chi connectivity index (χ1) is 12.7. The Labute approximate surface area is 156 Å². The predicted octanol–water partition coefficient (Wildman–Crippen LogP) is 3.54. The monoisotopic (exact) mass is 385 g/mol. The summed E-state index contributed by atoms with van der Waals surface area (Å²) in [7, 11) is 1.99. The number of nitrogens with one attached hydrogen (secondary N) is 1. The van der Waals surface area contributed by atoms with Gasteiger partial charge in [-0.1, -0.05) is 11.8 Å². The molecule has 132 valence electrons. The molecule has 5 rings (SSSR count). The van der Waals surface area contributed by atoms with Crippen molar-refractivity contribution >= 4 is 33.3 Å². The molecule has 1 aliphatic carbocycles. The summed E-state index contributed by atoms with van der Waals surface area (Å²) in [5.41, 5.74) is 0.639. The second-order valence-electron chi connectivity index (χ2n) is 6.28. The van der Waals surface area contributed by atoms with Gasteiger partial charge in [0.25, 0.3) is 5.56 Å². The molecule has 0 spiro atoms. The zero-order chi connectivity index (χ0) is 17.7. The first kappa shape index (κ1) is 15.8.